The first-order chi connectivity index (χ1) is 15.3. The summed E-state index contributed by atoms with van der Waals surface area (Å²) in [5.41, 5.74) is 6.71. The maximum absolute atomic E-state index is 13.3. The topological polar surface area (TPSA) is 120 Å². The molecule has 0 spiro atoms. The number of carbonyl (C=O) groups is 2. The van der Waals surface area contributed by atoms with Gasteiger partial charge in [-0.1, -0.05) is 12.1 Å². The molecule has 0 amide bonds. The number of rotatable bonds is 7. The van der Waals surface area contributed by atoms with Crippen LogP contribution < -0.4 is 10.5 Å². The molecule has 2 N–H and O–H groups in total. The number of hydrogen-bond donors (Lipinski definition) is 1. The molecule has 0 radical (unpaired) electrons. The zero-order valence-corrected chi connectivity index (χ0v) is 17.3. The summed E-state index contributed by atoms with van der Waals surface area (Å²) in [6.45, 7) is 0.751. The Hall–Kier alpha value is -4.45. The number of nitrogens with zero attached hydrogens (tertiary/aromatic N) is 3. The van der Waals surface area contributed by atoms with Crippen molar-refractivity contribution in [1.29, 1.82) is 5.26 Å². The summed E-state index contributed by atoms with van der Waals surface area (Å²) >= 11 is 0. The molecular weight excluding hydrogens is 415 g/mol. The van der Waals surface area contributed by atoms with E-state index in [1.807, 2.05) is 0 Å². The van der Waals surface area contributed by atoms with Crippen LogP contribution in [0.15, 0.2) is 66.0 Å². The average molecular weight is 434 g/mol. The molecule has 1 heterocycles. The van der Waals surface area contributed by atoms with Gasteiger partial charge in [-0.05, 0) is 43.3 Å². The van der Waals surface area contributed by atoms with E-state index in [1.54, 1.807) is 30.3 Å². The van der Waals surface area contributed by atoms with Gasteiger partial charge in [-0.15, -0.1) is 0 Å². The lowest BCUT2D eigenvalue weighted by Gasteiger charge is -2.06. The number of ether oxygens (including phenoxy) is 2. The molecule has 32 heavy (non-hydrogen) atoms. The Morgan fingerprint density at radius 3 is 2.56 bits per heavy atom. The van der Waals surface area contributed by atoms with Crippen molar-refractivity contribution >= 4 is 11.8 Å². The van der Waals surface area contributed by atoms with E-state index in [9.17, 15) is 14.0 Å². The van der Waals surface area contributed by atoms with E-state index < -0.39 is 24.2 Å². The van der Waals surface area contributed by atoms with Gasteiger partial charge in [0.2, 0.25) is 5.78 Å². The van der Waals surface area contributed by atoms with Gasteiger partial charge in [0.15, 0.2) is 6.61 Å². The van der Waals surface area contributed by atoms with Gasteiger partial charge in [0.25, 0.3) is 0 Å². The van der Waals surface area contributed by atoms with Crippen molar-refractivity contribution in [2.45, 2.75) is 6.92 Å². The fourth-order valence-corrected chi connectivity index (χ4v) is 2.88. The molecule has 3 aromatic rings. The third-order valence-corrected chi connectivity index (χ3v) is 4.49. The number of allylic oxidation sites excluding steroid dienone is 1. The van der Waals surface area contributed by atoms with E-state index in [0.717, 1.165) is 0 Å². The molecule has 0 saturated carbocycles. The molecule has 0 fully saturated rings. The monoisotopic (exact) mass is 434 g/mol. The Morgan fingerprint density at radius 1 is 1.22 bits per heavy atom. The lowest BCUT2D eigenvalue weighted by Crippen LogP contribution is -2.17. The molecule has 3 rings (SSSR count). The van der Waals surface area contributed by atoms with Crippen LogP contribution in [0.5, 0.6) is 5.75 Å². The minimum Gasteiger partial charge on any atom is -0.497 e. The van der Waals surface area contributed by atoms with Crippen LogP contribution >= 0.6 is 0 Å². The van der Waals surface area contributed by atoms with E-state index in [-0.39, 0.29) is 22.5 Å². The molecule has 0 saturated heterocycles. The number of hydrogen-bond acceptors (Lipinski definition) is 7. The van der Waals surface area contributed by atoms with E-state index in [2.05, 4.69) is 5.10 Å². The highest BCUT2D eigenvalue weighted by Crippen LogP contribution is 2.27. The molecule has 0 atom stereocenters. The number of nitrogens with two attached hydrogens (primary N) is 1. The molecule has 0 unspecified atom stereocenters. The number of ketones is 1. The van der Waals surface area contributed by atoms with Gasteiger partial charge in [0.05, 0.1) is 12.8 Å². The molecule has 0 aliphatic carbocycles. The van der Waals surface area contributed by atoms with Gasteiger partial charge < -0.3 is 15.2 Å². The summed E-state index contributed by atoms with van der Waals surface area (Å²) in [5, 5.41) is 13.5. The van der Waals surface area contributed by atoms with Crippen LogP contribution in [0.3, 0.4) is 0 Å². The third-order valence-electron chi connectivity index (χ3n) is 4.49. The molecular formula is C23H19FN4O4. The van der Waals surface area contributed by atoms with Crippen LogP contribution in [0, 0.1) is 17.1 Å². The first kappa shape index (κ1) is 22.2. The molecule has 0 bridgehead atoms. The summed E-state index contributed by atoms with van der Waals surface area (Å²) in [6.07, 6.45) is 1.42. The highest BCUT2D eigenvalue weighted by atomic mass is 19.1. The summed E-state index contributed by atoms with van der Waals surface area (Å²) in [7, 11) is 1.51. The van der Waals surface area contributed by atoms with E-state index in [4.69, 9.17) is 20.5 Å². The fraction of sp³-hybridized carbons (Fsp3) is 0.130. The molecule has 9 heteroatoms. The largest absolute Gasteiger partial charge is 0.497 e. The van der Waals surface area contributed by atoms with Crippen LogP contribution in [0.2, 0.25) is 0 Å². The van der Waals surface area contributed by atoms with Crippen molar-refractivity contribution in [3.8, 4) is 28.8 Å². The van der Waals surface area contributed by atoms with Crippen LogP contribution in [-0.4, -0.2) is 35.2 Å². The summed E-state index contributed by atoms with van der Waals surface area (Å²) in [5.74, 6) is -1.40. The number of Topliss-reactive ketones (excluding diaryl/α,β-unsaturated/α-hetero) is 1. The van der Waals surface area contributed by atoms with Crippen molar-refractivity contribution in [1.82, 2.24) is 9.78 Å². The van der Waals surface area contributed by atoms with E-state index >= 15 is 0 Å². The van der Waals surface area contributed by atoms with Gasteiger partial charge in [0.1, 0.15) is 34.5 Å². The number of halogens is 1. The summed E-state index contributed by atoms with van der Waals surface area (Å²) < 4.78 is 25.1. The van der Waals surface area contributed by atoms with Crippen LogP contribution in [0.25, 0.3) is 16.9 Å². The van der Waals surface area contributed by atoms with Gasteiger partial charge in [-0.3, -0.25) is 4.79 Å². The molecule has 1 aromatic heterocycles. The Balaban J connectivity index is 1.98. The van der Waals surface area contributed by atoms with Crippen LogP contribution in [-0.2, 0) is 9.53 Å². The van der Waals surface area contributed by atoms with Crippen molar-refractivity contribution in [3.63, 3.8) is 0 Å². The number of methoxy groups -OCH3 is 1. The molecule has 0 aliphatic heterocycles. The summed E-state index contributed by atoms with van der Waals surface area (Å²) in [4.78, 5) is 25.0. The number of aromatic nitrogens is 2. The lowest BCUT2D eigenvalue weighted by atomic mass is 10.1. The maximum Gasteiger partial charge on any atom is 0.342 e. The van der Waals surface area contributed by atoms with E-state index in [0.29, 0.717) is 17.0 Å². The Kier molecular flexibility index (Phi) is 6.65. The molecule has 8 nitrogen and oxygen atoms in total. The van der Waals surface area contributed by atoms with Crippen LogP contribution in [0.1, 0.15) is 17.3 Å². The van der Waals surface area contributed by atoms with Gasteiger partial charge in [-0.2, -0.15) is 10.4 Å². The molecule has 162 valence electrons. The predicted octanol–water partition coefficient (Wildman–Crippen LogP) is 3.17. The van der Waals surface area contributed by atoms with Crippen molar-refractivity contribution in [2.75, 3.05) is 13.7 Å². The second kappa shape index (κ2) is 9.57. The second-order valence-corrected chi connectivity index (χ2v) is 6.71. The second-order valence-electron chi connectivity index (χ2n) is 6.71. The standard InChI is InChI=1S/C23H19FN4O4/c1-14(26)19(11-25)21(29)13-32-23(30)20-12-28(17-8-6-16(24)7-9-17)27-22(20)15-4-3-5-18(10-15)31-2/h3-10,12H,13,26H2,1-2H3/b19-14+. The SMILES string of the molecule is COc1cccc(-c2nn(-c3ccc(F)cc3)cc2C(=O)OCC(=O)/C(C#N)=C(\C)N)c1. The highest BCUT2D eigenvalue weighted by Gasteiger charge is 2.22. The van der Waals surface area contributed by atoms with Gasteiger partial charge in [-0.25, -0.2) is 13.9 Å². The predicted molar refractivity (Wildman–Crippen MR) is 113 cm³/mol. The Labute approximate surface area is 183 Å². The smallest absolute Gasteiger partial charge is 0.342 e. The summed E-state index contributed by atoms with van der Waals surface area (Å²) in [6, 6.07) is 14.1. The quantitative estimate of drug-likeness (QED) is 0.344. The van der Waals surface area contributed by atoms with Crippen molar-refractivity contribution in [2.24, 2.45) is 5.73 Å². The lowest BCUT2D eigenvalue weighted by molar-refractivity contribution is -0.118. The first-order valence-corrected chi connectivity index (χ1v) is 9.41. The Morgan fingerprint density at radius 2 is 1.94 bits per heavy atom. The number of carbonyl (C=O) groups excluding carboxylic acids is 2. The van der Waals surface area contributed by atoms with E-state index in [1.165, 1.54) is 49.2 Å². The van der Waals surface area contributed by atoms with Gasteiger partial charge in [0, 0.05) is 17.5 Å². The average Bonchev–Trinajstić information content (AvgIpc) is 3.24. The minimum atomic E-state index is -0.823. The fourth-order valence-electron chi connectivity index (χ4n) is 2.88. The molecule has 2 aromatic carbocycles. The highest BCUT2D eigenvalue weighted by molar-refractivity contribution is 6.03. The number of esters is 1. The third kappa shape index (κ3) is 4.82. The first-order valence-electron chi connectivity index (χ1n) is 9.41. The number of nitriles is 1. The zero-order valence-electron chi connectivity index (χ0n) is 17.3. The normalized spacial score (nSPS) is 11.3. The molecule has 0 aliphatic rings. The van der Waals surface area contributed by atoms with Crippen molar-refractivity contribution < 1.29 is 23.5 Å². The van der Waals surface area contributed by atoms with Crippen molar-refractivity contribution in [3.05, 3.63) is 77.4 Å². The zero-order chi connectivity index (χ0) is 23.3. The van der Waals surface area contributed by atoms with Gasteiger partial charge >= 0.3 is 5.97 Å². The maximum atomic E-state index is 13.3. The minimum absolute atomic E-state index is 0.0368. The van der Waals surface area contributed by atoms with Crippen LogP contribution in [0.4, 0.5) is 4.39 Å². The number of benzene rings is 2. The Bertz CT molecular complexity index is 1240.